The topological polar surface area (TPSA) is 49.4 Å². The van der Waals surface area contributed by atoms with Crippen molar-refractivity contribution in [2.24, 2.45) is 0 Å². The van der Waals surface area contributed by atoms with Crippen LogP contribution in [0.25, 0.3) is 0 Å². The van der Waals surface area contributed by atoms with Crippen LogP contribution in [0.3, 0.4) is 0 Å². The summed E-state index contributed by atoms with van der Waals surface area (Å²) < 4.78 is 0. The van der Waals surface area contributed by atoms with E-state index in [2.05, 4.69) is 24.4 Å². The summed E-state index contributed by atoms with van der Waals surface area (Å²) in [7, 11) is 0. The summed E-state index contributed by atoms with van der Waals surface area (Å²) in [4.78, 5) is 28.6. The summed E-state index contributed by atoms with van der Waals surface area (Å²) in [6.45, 7) is 7.81. The van der Waals surface area contributed by atoms with Gasteiger partial charge in [-0.25, -0.2) is 0 Å². The third-order valence-corrected chi connectivity index (χ3v) is 6.56. The van der Waals surface area contributed by atoms with Crippen LogP contribution in [-0.2, 0) is 21.4 Å². The Morgan fingerprint density at radius 3 is 2.20 bits per heavy atom. The first kappa shape index (κ1) is 22.4. The molecule has 1 heterocycles. The quantitative estimate of drug-likeness (QED) is 0.616. The number of piperidine rings is 1. The number of likely N-dealkylation sites (tertiary alicyclic amines) is 1. The molecule has 160 valence electrons. The van der Waals surface area contributed by atoms with E-state index in [4.69, 9.17) is 0 Å². The van der Waals surface area contributed by atoms with Crippen molar-refractivity contribution in [3.05, 3.63) is 59.7 Å². The van der Waals surface area contributed by atoms with Crippen LogP contribution in [0.1, 0.15) is 51.2 Å². The van der Waals surface area contributed by atoms with Crippen molar-refractivity contribution < 1.29 is 9.59 Å². The maximum atomic E-state index is 13.0. The zero-order valence-electron chi connectivity index (χ0n) is 18.2. The number of rotatable bonds is 7. The van der Waals surface area contributed by atoms with E-state index in [1.165, 1.54) is 11.3 Å². The summed E-state index contributed by atoms with van der Waals surface area (Å²) in [5.74, 6) is 1.18. The number of hydrogen-bond donors (Lipinski definition) is 1. The second-order valence-electron chi connectivity index (χ2n) is 8.36. The smallest absolute Gasteiger partial charge is 0.232 e. The van der Waals surface area contributed by atoms with E-state index >= 15 is 0 Å². The molecule has 0 radical (unpaired) electrons. The predicted octanol–water partition coefficient (Wildman–Crippen LogP) is 5.27. The standard InChI is InChI=1S/C25H32N2O2S/c1-4-30-22-14-8-19(9-15-22)18-23(28)26-21-12-10-20(11-13-21)25(2,3)24(29)27-16-6-5-7-17-27/h8-15H,4-7,16-18H2,1-3H3,(H,26,28). The van der Waals surface area contributed by atoms with E-state index in [-0.39, 0.29) is 11.8 Å². The summed E-state index contributed by atoms with van der Waals surface area (Å²) in [6.07, 6.45) is 3.73. The Morgan fingerprint density at radius 1 is 0.967 bits per heavy atom. The zero-order chi connectivity index (χ0) is 21.6. The molecule has 30 heavy (non-hydrogen) atoms. The van der Waals surface area contributed by atoms with Gasteiger partial charge in [0.25, 0.3) is 0 Å². The second kappa shape index (κ2) is 10.2. The molecule has 0 spiro atoms. The highest BCUT2D eigenvalue weighted by Crippen LogP contribution is 2.28. The van der Waals surface area contributed by atoms with Gasteiger partial charge in [-0.2, -0.15) is 0 Å². The number of nitrogens with zero attached hydrogens (tertiary/aromatic N) is 1. The van der Waals surface area contributed by atoms with Crippen LogP contribution >= 0.6 is 11.8 Å². The van der Waals surface area contributed by atoms with E-state index in [9.17, 15) is 9.59 Å². The largest absolute Gasteiger partial charge is 0.342 e. The number of carbonyl (C=O) groups is 2. The van der Waals surface area contributed by atoms with E-state index < -0.39 is 5.41 Å². The van der Waals surface area contributed by atoms with Crippen molar-refractivity contribution in [3.8, 4) is 0 Å². The number of benzene rings is 2. The molecule has 4 nitrogen and oxygen atoms in total. The predicted molar refractivity (Wildman–Crippen MR) is 125 cm³/mol. The number of anilines is 1. The highest BCUT2D eigenvalue weighted by Gasteiger charge is 2.34. The lowest BCUT2D eigenvalue weighted by molar-refractivity contribution is -0.137. The first-order valence-corrected chi connectivity index (χ1v) is 11.8. The summed E-state index contributed by atoms with van der Waals surface area (Å²) in [5, 5.41) is 2.96. The lowest BCUT2D eigenvalue weighted by Gasteiger charge is -2.34. The Balaban J connectivity index is 1.59. The highest BCUT2D eigenvalue weighted by atomic mass is 32.2. The van der Waals surface area contributed by atoms with Gasteiger partial charge in [-0.1, -0.05) is 31.2 Å². The lowest BCUT2D eigenvalue weighted by Crippen LogP contribution is -2.45. The maximum absolute atomic E-state index is 13.0. The molecule has 0 atom stereocenters. The lowest BCUT2D eigenvalue weighted by atomic mass is 9.82. The Morgan fingerprint density at radius 2 is 1.60 bits per heavy atom. The van der Waals surface area contributed by atoms with Crippen LogP contribution in [0, 0.1) is 0 Å². The van der Waals surface area contributed by atoms with E-state index in [1.807, 2.05) is 55.1 Å². The Kier molecular flexibility index (Phi) is 7.59. The molecule has 2 aromatic rings. The van der Waals surface area contributed by atoms with Gasteiger partial charge in [-0.3, -0.25) is 9.59 Å². The molecule has 1 fully saturated rings. The molecule has 0 unspecified atom stereocenters. The molecular formula is C25H32N2O2S. The number of amides is 2. The van der Waals surface area contributed by atoms with Gasteiger partial charge in [-0.05, 0) is 74.3 Å². The van der Waals surface area contributed by atoms with Gasteiger partial charge in [0.1, 0.15) is 0 Å². The first-order valence-electron chi connectivity index (χ1n) is 10.8. The summed E-state index contributed by atoms with van der Waals surface area (Å²) in [5.41, 5.74) is 2.15. The van der Waals surface area contributed by atoms with Crippen LogP contribution < -0.4 is 5.32 Å². The molecule has 2 amide bonds. The third-order valence-electron chi connectivity index (χ3n) is 5.67. The fourth-order valence-electron chi connectivity index (χ4n) is 3.85. The molecule has 0 aromatic heterocycles. The van der Waals surface area contributed by atoms with Gasteiger partial charge in [-0.15, -0.1) is 11.8 Å². The van der Waals surface area contributed by atoms with Crippen LogP contribution in [0.15, 0.2) is 53.4 Å². The van der Waals surface area contributed by atoms with Crippen molar-refractivity contribution in [2.45, 2.75) is 56.8 Å². The number of carbonyl (C=O) groups excluding carboxylic acids is 2. The summed E-state index contributed by atoms with van der Waals surface area (Å²) >= 11 is 1.79. The molecule has 0 saturated carbocycles. The van der Waals surface area contributed by atoms with E-state index in [0.717, 1.165) is 48.5 Å². The van der Waals surface area contributed by atoms with Gasteiger partial charge in [0.15, 0.2) is 0 Å². The Labute approximate surface area is 184 Å². The highest BCUT2D eigenvalue weighted by molar-refractivity contribution is 7.99. The minimum atomic E-state index is -0.571. The maximum Gasteiger partial charge on any atom is 0.232 e. The van der Waals surface area contributed by atoms with Crippen molar-refractivity contribution in [3.63, 3.8) is 0 Å². The minimum Gasteiger partial charge on any atom is -0.342 e. The minimum absolute atomic E-state index is 0.0395. The van der Waals surface area contributed by atoms with E-state index in [0.29, 0.717) is 6.42 Å². The fraction of sp³-hybridized carbons (Fsp3) is 0.440. The van der Waals surface area contributed by atoms with Gasteiger partial charge < -0.3 is 10.2 Å². The SMILES string of the molecule is CCSc1ccc(CC(=O)Nc2ccc(C(C)(C)C(=O)N3CCCCC3)cc2)cc1. The van der Waals surface area contributed by atoms with Crippen molar-refractivity contribution in [1.29, 1.82) is 0 Å². The number of thioether (sulfide) groups is 1. The molecule has 3 rings (SSSR count). The number of hydrogen-bond acceptors (Lipinski definition) is 3. The van der Waals surface area contributed by atoms with Crippen LogP contribution in [0.5, 0.6) is 0 Å². The third kappa shape index (κ3) is 5.66. The van der Waals surface area contributed by atoms with Crippen molar-refractivity contribution in [2.75, 3.05) is 24.2 Å². The molecular weight excluding hydrogens is 392 g/mol. The molecule has 1 N–H and O–H groups in total. The van der Waals surface area contributed by atoms with Gasteiger partial charge >= 0.3 is 0 Å². The Hall–Kier alpha value is -2.27. The Bertz CT molecular complexity index is 854. The molecule has 0 bridgehead atoms. The van der Waals surface area contributed by atoms with Gasteiger partial charge in [0, 0.05) is 23.7 Å². The molecule has 1 saturated heterocycles. The molecule has 2 aromatic carbocycles. The monoisotopic (exact) mass is 424 g/mol. The van der Waals surface area contributed by atoms with E-state index in [1.54, 1.807) is 11.8 Å². The van der Waals surface area contributed by atoms with Gasteiger partial charge in [0.2, 0.25) is 11.8 Å². The van der Waals surface area contributed by atoms with Crippen LogP contribution in [-0.4, -0.2) is 35.6 Å². The average molecular weight is 425 g/mol. The average Bonchev–Trinajstić information content (AvgIpc) is 2.75. The van der Waals surface area contributed by atoms with Crippen molar-refractivity contribution >= 4 is 29.3 Å². The van der Waals surface area contributed by atoms with Gasteiger partial charge in [0.05, 0.1) is 11.8 Å². The van der Waals surface area contributed by atoms with Crippen LogP contribution in [0.2, 0.25) is 0 Å². The zero-order valence-corrected chi connectivity index (χ0v) is 19.1. The normalized spacial score (nSPS) is 14.4. The fourth-order valence-corrected chi connectivity index (χ4v) is 4.51. The molecule has 0 aliphatic carbocycles. The molecule has 5 heteroatoms. The first-order chi connectivity index (χ1) is 14.4. The second-order valence-corrected chi connectivity index (χ2v) is 9.69. The molecule has 1 aliphatic heterocycles. The summed E-state index contributed by atoms with van der Waals surface area (Å²) in [6, 6.07) is 15.8. The molecule has 1 aliphatic rings. The van der Waals surface area contributed by atoms with Crippen LogP contribution in [0.4, 0.5) is 5.69 Å². The number of nitrogens with one attached hydrogen (secondary N) is 1. The van der Waals surface area contributed by atoms with Crippen molar-refractivity contribution in [1.82, 2.24) is 4.90 Å².